The second-order valence-electron chi connectivity index (χ2n) is 4.48. The molecule has 0 aromatic rings. The summed E-state index contributed by atoms with van der Waals surface area (Å²) in [7, 11) is 0. The largest absolute Gasteiger partial charge is 0.381 e. The Hall–Kier alpha value is -1.43. The summed E-state index contributed by atoms with van der Waals surface area (Å²) in [5.41, 5.74) is 2.72. The second-order valence-corrected chi connectivity index (χ2v) is 4.48. The molecule has 2 unspecified atom stereocenters. The number of hydrogen-bond acceptors (Lipinski definition) is 4. The Morgan fingerprint density at radius 3 is 3.00 bits per heavy atom. The van der Waals surface area contributed by atoms with Gasteiger partial charge < -0.3 is 10.1 Å². The van der Waals surface area contributed by atoms with Gasteiger partial charge in [-0.1, -0.05) is 0 Å². The molecule has 6 nitrogen and oxygen atoms in total. The minimum absolute atomic E-state index is 0.0744. The summed E-state index contributed by atoms with van der Waals surface area (Å²) in [6, 6.07) is 0.0744. The molecule has 2 N–H and O–H groups in total. The minimum atomic E-state index is -0.190. The predicted molar refractivity (Wildman–Crippen MR) is 61.3 cm³/mol. The summed E-state index contributed by atoms with van der Waals surface area (Å²) in [6.07, 6.45) is 1.71. The van der Waals surface area contributed by atoms with E-state index in [-0.39, 0.29) is 17.9 Å². The van der Waals surface area contributed by atoms with Crippen molar-refractivity contribution in [3.63, 3.8) is 0 Å². The lowest BCUT2D eigenvalue weighted by Gasteiger charge is -2.20. The molecular weight excluding hydrogens is 222 g/mol. The molecule has 0 spiro atoms. The van der Waals surface area contributed by atoms with Gasteiger partial charge in [-0.15, -0.1) is 0 Å². The maximum atomic E-state index is 11.8. The molecule has 0 radical (unpaired) electrons. The van der Waals surface area contributed by atoms with E-state index in [4.69, 9.17) is 4.74 Å². The van der Waals surface area contributed by atoms with E-state index in [9.17, 15) is 9.59 Å². The third kappa shape index (κ3) is 3.03. The molecule has 0 saturated carbocycles. The first-order valence-corrected chi connectivity index (χ1v) is 5.91. The number of amides is 2. The number of nitrogens with one attached hydrogen (secondary N) is 2. The third-order valence-electron chi connectivity index (χ3n) is 3.20. The molecule has 0 bridgehead atoms. The lowest BCUT2D eigenvalue weighted by molar-refractivity contribution is -0.121. The monoisotopic (exact) mass is 239 g/mol. The van der Waals surface area contributed by atoms with Crippen molar-refractivity contribution < 1.29 is 14.3 Å². The number of carbonyl (C=O) groups excluding carboxylic acids is 2. The zero-order valence-corrected chi connectivity index (χ0v) is 9.86. The highest BCUT2D eigenvalue weighted by Crippen LogP contribution is 2.16. The summed E-state index contributed by atoms with van der Waals surface area (Å²) in [5, 5.41) is 6.67. The quantitative estimate of drug-likeness (QED) is 0.715. The van der Waals surface area contributed by atoms with Gasteiger partial charge in [-0.25, -0.2) is 5.43 Å². The van der Waals surface area contributed by atoms with Crippen LogP contribution in [0.25, 0.3) is 0 Å². The van der Waals surface area contributed by atoms with Gasteiger partial charge in [0.15, 0.2) is 0 Å². The zero-order chi connectivity index (χ0) is 12.3. The molecule has 6 heteroatoms. The molecule has 2 heterocycles. The first-order valence-electron chi connectivity index (χ1n) is 5.91. The number of hydrogen-bond donors (Lipinski definition) is 2. The molecule has 0 aromatic heterocycles. The van der Waals surface area contributed by atoms with E-state index in [0.717, 1.165) is 13.0 Å². The molecule has 0 aromatic carbocycles. The van der Waals surface area contributed by atoms with Crippen molar-refractivity contribution in [3.05, 3.63) is 0 Å². The second kappa shape index (κ2) is 5.27. The molecule has 2 amide bonds. The van der Waals surface area contributed by atoms with Crippen LogP contribution in [-0.2, 0) is 14.3 Å². The number of ether oxygens (including phenoxy) is 1. The smallest absolute Gasteiger partial charge is 0.267 e. The van der Waals surface area contributed by atoms with Crippen molar-refractivity contribution in [2.24, 2.45) is 11.0 Å². The van der Waals surface area contributed by atoms with Gasteiger partial charge in [0.05, 0.1) is 6.61 Å². The molecule has 94 valence electrons. The van der Waals surface area contributed by atoms with Gasteiger partial charge in [-0.05, 0) is 13.3 Å². The van der Waals surface area contributed by atoms with Crippen molar-refractivity contribution in [3.8, 4) is 0 Å². The van der Waals surface area contributed by atoms with Crippen LogP contribution < -0.4 is 10.7 Å². The van der Waals surface area contributed by atoms with Crippen LogP contribution in [0.2, 0.25) is 0 Å². The standard InChI is InChI=1S/C11H17N3O3/c1-7(8-4-5-17-6-8)12-11(16)9-2-3-10(15)14-13-9/h7-8H,2-6H2,1H3,(H,12,16)(H,14,15). The van der Waals surface area contributed by atoms with E-state index in [1.807, 2.05) is 6.92 Å². The molecule has 0 aliphatic carbocycles. The van der Waals surface area contributed by atoms with Gasteiger partial charge >= 0.3 is 0 Å². The van der Waals surface area contributed by atoms with E-state index < -0.39 is 0 Å². The van der Waals surface area contributed by atoms with Crippen LogP contribution >= 0.6 is 0 Å². The van der Waals surface area contributed by atoms with Gasteiger partial charge in [0.1, 0.15) is 5.71 Å². The predicted octanol–water partition coefficient (Wildman–Crippen LogP) is -0.206. The van der Waals surface area contributed by atoms with Gasteiger partial charge in [0, 0.05) is 31.4 Å². The van der Waals surface area contributed by atoms with Crippen LogP contribution in [0.15, 0.2) is 5.10 Å². The van der Waals surface area contributed by atoms with E-state index in [0.29, 0.717) is 31.1 Å². The molecular formula is C11H17N3O3. The van der Waals surface area contributed by atoms with Gasteiger partial charge in [-0.2, -0.15) is 5.10 Å². The average Bonchev–Trinajstić information content (AvgIpc) is 2.83. The average molecular weight is 239 g/mol. The number of rotatable bonds is 3. The fourth-order valence-electron chi connectivity index (χ4n) is 1.99. The fourth-order valence-corrected chi connectivity index (χ4v) is 1.99. The fraction of sp³-hybridized carbons (Fsp3) is 0.727. The Kier molecular flexibility index (Phi) is 3.73. The highest BCUT2D eigenvalue weighted by molar-refractivity contribution is 6.39. The Morgan fingerprint density at radius 1 is 1.59 bits per heavy atom. The first kappa shape index (κ1) is 12.0. The molecule has 17 heavy (non-hydrogen) atoms. The van der Waals surface area contributed by atoms with Crippen molar-refractivity contribution in [1.82, 2.24) is 10.7 Å². The van der Waals surface area contributed by atoms with Crippen molar-refractivity contribution in [2.45, 2.75) is 32.2 Å². The van der Waals surface area contributed by atoms with Crippen molar-refractivity contribution in [2.75, 3.05) is 13.2 Å². The van der Waals surface area contributed by atoms with Gasteiger partial charge in [0.25, 0.3) is 5.91 Å². The lowest BCUT2D eigenvalue weighted by Crippen LogP contribution is -2.44. The van der Waals surface area contributed by atoms with Gasteiger partial charge in [0.2, 0.25) is 5.91 Å². The van der Waals surface area contributed by atoms with E-state index in [1.165, 1.54) is 0 Å². The Balaban J connectivity index is 1.86. The maximum Gasteiger partial charge on any atom is 0.267 e. The van der Waals surface area contributed by atoms with Crippen molar-refractivity contribution >= 4 is 17.5 Å². The Bertz CT molecular complexity index is 348. The molecule has 2 aliphatic heterocycles. The topological polar surface area (TPSA) is 79.8 Å². The molecule has 2 aliphatic rings. The van der Waals surface area contributed by atoms with Crippen LogP contribution in [0.5, 0.6) is 0 Å². The first-order chi connectivity index (χ1) is 8.16. The molecule has 1 fully saturated rings. The maximum absolute atomic E-state index is 11.8. The summed E-state index contributed by atoms with van der Waals surface area (Å²) in [4.78, 5) is 22.7. The number of hydrazone groups is 1. The van der Waals surface area contributed by atoms with E-state index in [1.54, 1.807) is 0 Å². The van der Waals surface area contributed by atoms with E-state index >= 15 is 0 Å². The summed E-state index contributed by atoms with van der Waals surface area (Å²) in [6.45, 7) is 3.44. The number of nitrogens with zero attached hydrogens (tertiary/aromatic N) is 1. The summed E-state index contributed by atoms with van der Waals surface area (Å²) >= 11 is 0. The summed E-state index contributed by atoms with van der Waals surface area (Å²) in [5.74, 6) is 0.0425. The number of carbonyl (C=O) groups is 2. The SMILES string of the molecule is CC(NC(=O)C1=NNC(=O)CC1)C1CCOC1. The molecule has 2 atom stereocenters. The highest BCUT2D eigenvalue weighted by Gasteiger charge is 2.26. The normalized spacial score (nSPS) is 26.1. The van der Waals surface area contributed by atoms with Gasteiger partial charge in [-0.3, -0.25) is 9.59 Å². The van der Waals surface area contributed by atoms with Crippen LogP contribution in [0.4, 0.5) is 0 Å². The zero-order valence-electron chi connectivity index (χ0n) is 9.86. The third-order valence-corrected chi connectivity index (χ3v) is 3.20. The van der Waals surface area contributed by atoms with Crippen LogP contribution in [0.1, 0.15) is 26.2 Å². The Morgan fingerprint density at radius 2 is 2.41 bits per heavy atom. The van der Waals surface area contributed by atoms with Crippen LogP contribution in [0, 0.1) is 5.92 Å². The minimum Gasteiger partial charge on any atom is -0.381 e. The highest BCUT2D eigenvalue weighted by atomic mass is 16.5. The molecule has 1 saturated heterocycles. The van der Waals surface area contributed by atoms with E-state index in [2.05, 4.69) is 15.8 Å². The Labute approximate surface area is 99.8 Å². The molecule has 2 rings (SSSR count). The van der Waals surface area contributed by atoms with Crippen molar-refractivity contribution in [1.29, 1.82) is 0 Å². The summed E-state index contributed by atoms with van der Waals surface area (Å²) < 4.78 is 5.28. The lowest BCUT2D eigenvalue weighted by atomic mass is 10.0. The van der Waals surface area contributed by atoms with Crippen LogP contribution in [-0.4, -0.2) is 36.8 Å². The van der Waals surface area contributed by atoms with Crippen LogP contribution in [0.3, 0.4) is 0 Å².